The molecule has 4 heteroatoms. The molecule has 1 aromatic heterocycles. The van der Waals surface area contributed by atoms with Crippen LogP contribution in [-0.4, -0.2) is 22.6 Å². The molecule has 2 aromatic rings. The van der Waals surface area contributed by atoms with E-state index in [0.29, 0.717) is 12.0 Å². The van der Waals surface area contributed by atoms with Crippen LogP contribution in [0.2, 0.25) is 5.02 Å². The molecule has 0 saturated carbocycles. The Morgan fingerprint density at radius 3 is 2.62 bits per heavy atom. The second kappa shape index (κ2) is 5.29. The number of hydrogen-bond acceptors (Lipinski definition) is 2. The van der Waals surface area contributed by atoms with Crippen molar-refractivity contribution < 1.29 is 0 Å². The minimum absolute atomic E-state index is 0.121. The number of aromatic nitrogens is 2. The van der Waals surface area contributed by atoms with Gasteiger partial charge in [-0.2, -0.15) is 0 Å². The van der Waals surface area contributed by atoms with Crippen molar-refractivity contribution >= 4 is 22.6 Å². The molecule has 0 spiro atoms. The van der Waals surface area contributed by atoms with Gasteiger partial charge in [0.25, 0.3) is 0 Å². The third kappa shape index (κ3) is 2.27. The molecule has 0 amide bonds. The molecule has 114 valence electrons. The maximum Gasteiger partial charge on any atom is 0.117 e. The fourth-order valence-electron chi connectivity index (χ4n) is 3.60. The molecule has 0 bridgehead atoms. The van der Waals surface area contributed by atoms with Crippen LogP contribution >= 0.6 is 11.6 Å². The number of benzene rings is 1. The highest BCUT2D eigenvalue weighted by atomic mass is 35.5. The summed E-state index contributed by atoms with van der Waals surface area (Å²) in [6, 6.07) is 6.44. The van der Waals surface area contributed by atoms with Crippen LogP contribution in [0.4, 0.5) is 0 Å². The molecular weight excluding hydrogens is 282 g/mol. The lowest BCUT2D eigenvalue weighted by molar-refractivity contribution is 0.302. The Labute approximate surface area is 131 Å². The Bertz CT molecular complexity index is 651. The van der Waals surface area contributed by atoms with E-state index in [4.69, 9.17) is 16.6 Å². The fourth-order valence-corrected chi connectivity index (χ4v) is 3.77. The minimum Gasteiger partial charge on any atom is -0.325 e. The van der Waals surface area contributed by atoms with E-state index >= 15 is 0 Å². The van der Waals surface area contributed by atoms with E-state index in [2.05, 4.69) is 43.6 Å². The van der Waals surface area contributed by atoms with E-state index in [1.807, 2.05) is 12.1 Å². The molecule has 21 heavy (non-hydrogen) atoms. The SMILES string of the molecule is CC(C)n1c(C2(C(C)C)CCNC2)nc2cc(Cl)ccc21. The maximum atomic E-state index is 6.16. The molecule has 0 radical (unpaired) electrons. The van der Waals surface area contributed by atoms with Gasteiger partial charge in [-0.15, -0.1) is 0 Å². The monoisotopic (exact) mass is 305 g/mol. The fraction of sp³-hybridized carbons (Fsp3) is 0.588. The van der Waals surface area contributed by atoms with Gasteiger partial charge in [-0.05, 0) is 50.9 Å². The van der Waals surface area contributed by atoms with E-state index < -0.39 is 0 Å². The summed E-state index contributed by atoms with van der Waals surface area (Å²) in [4.78, 5) is 5.01. The number of nitrogens with one attached hydrogen (secondary N) is 1. The lowest BCUT2D eigenvalue weighted by atomic mass is 9.75. The van der Waals surface area contributed by atoms with Crippen molar-refractivity contribution in [2.24, 2.45) is 5.92 Å². The van der Waals surface area contributed by atoms with E-state index in [1.165, 1.54) is 11.3 Å². The zero-order valence-electron chi connectivity index (χ0n) is 13.3. The molecule has 1 aliphatic rings. The molecule has 0 aliphatic carbocycles. The van der Waals surface area contributed by atoms with Gasteiger partial charge in [0.1, 0.15) is 5.82 Å². The van der Waals surface area contributed by atoms with Crippen LogP contribution in [0.3, 0.4) is 0 Å². The quantitative estimate of drug-likeness (QED) is 0.923. The van der Waals surface area contributed by atoms with Gasteiger partial charge in [0, 0.05) is 23.0 Å². The minimum atomic E-state index is 0.121. The molecule has 3 rings (SSSR count). The number of fused-ring (bicyclic) bond motifs is 1. The van der Waals surface area contributed by atoms with Gasteiger partial charge < -0.3 is 9.88 Å². The summed E-state index contributed by atoms with van der Waals surface area (Å²) in [6.07, 6.45) is 1.15. The van der Waals surface area contributed by atoms with Gasteiger partial charge in [0.05, 0.1) is 11.0 Å². The molecule has 1 aliphatic heterocycles. The van der Waals surface area contributed by atoms with Crippen molar-refractivity contribution in [3.05, 3.63) is 29.0 Å². The Morgan fingerprint density at radius 2 is 2.05 bits per heavy atom. The van der Waals surface area contributed by atoms with Crippen LogP contribution in [0.1, 0.15) is 46.0 Å². The summed E-state index contributed by atoms with van der Waals surface area (Å²) < 4.78 is 2.40. The Hall–Kier alpha value is -1.06. The molecule has 1 aromatic carbocycles. The number of imidazole rings is 1. The lowest BCUT2D eigenvalue weighted by Gasteiger charge is -2.33. The van der Waals surface area contributed by atoms with E-state index in [0.717, 1.165) is 30.0 Å². The van der Waals surface area contributed by atoms with Crippen LogP contribution in [0, 0.1) is 5.92 Å². The van der Waals surface area contributed by atoms with E-state index in [-0.39, 0.29) is 5.41 Å². The Balaban J connectivity index is 2.28. The zero-order valence-corrected chi connectivity index (χ0v) is 14.0. The first-order valence-corrected chi connectivity index (χ1v) is 8.22. The summed E-state index contributed by atoms with van der Waals surface area (Å²) in [6.45, 7) is 11.2. The van der Waals surface area contributed by atoms with Gasteiger partial charge in [-0.3, -0.25) is 0 Å². The molecule has 1 atom stereocenters. The molecule has 1 saturated heterocycles. The van der Waals surface area contributed by atoms with Gasteiger partial charge in [-0.25, -0.2) is 4.98 Å². The van der Waals surface area contributed by atoms with Crippen molar-refractivity contribution in [2.45, 2.75) is 45.6 Å². The summed E-state index contributed by atoms with van der Waals surface area (Å²) in [5.74, 6) is 1.77. The Kier molecular flexibility index (Phi) is 3.74. The van der Waals surface area contributed by atoms with Crippen molar-refractivity contribution in [1.82, 2.24) is 14.9 Å². The maximum absolute atomic E-state index is 6.16. The first-order chi connectivity index (χ1) is 9.95. The second-order valence-electron chi connectivity index (χ2n) is 6.77. The van der Waals surface area contributed by atoms with Gasteiger partial charge in [0.2, 0.25) is 0 Å². The van der Waals surface area contributed by atoms with Crippen LogP contribution < -0.4 is 5.32 Å². The summed E-state index contributed by atoms with van der Waals surface area (Å²) in [7, 11) is 0. The molecule has 1 N–H and O–H groups in total. The largest absolute Gasteiger partial charge is 0.325 e. The highest BCUT2D eigenvalue weighted by Gasteiger charge is 2.43. The van der Waals surface area contributed by atoms with Crippen LogP contribution in [0.5, 0.6) is 0 Å². The molecular formula is C17H24ClN3. The molecule has 1 unspecified atom stereocenters. The third-order valence-corrected chi connectivity index (χ3v) is 5.14. The number of nitrogens with zero attached hydrogens (tertiary/aromatic N) is 2. The van der Waals surface area contributed by atoms with E-state index in [9.17, 15) is 0 Å². The molecule has 1 fully saturated rings. The average molecular weight is 306 g/mol. The third-order valence-electron chi connectivity index (χ3n) is 4.91. The van der Waals surface area contributed by atoms with Crippen molar-refractivity contribution in [1.29, 1.82) is 0 Å². The average Bonchev–Trinajstić information content (AvgIpc) is 3.02. The van der Waals surface area contributed by atoms with Crippen LogP contribution in [0.15, 0.2) is 18.2 Å². The van der Waals surface area contributed by atoms with Crippen LogP contribution in [0.25, 0.3) is 11.0 Å². The number of rotatable bonds is 3. The van der Waals surface area contributed by atoms with E-state index in [1.54, 1.807) is 0 Å². The van der Waals surface area contributed by atoms with Crippen LogP contribution in [-0.2, 0) is 5.41 Å². The first kappa shape index (κ1) is 14.9. The van der Waals surface area contributed by atoms with Gasteiger partial charge in [0.15, 0.2) is 0 Å². The van der Waals surface area contributed by atoms with Gasteiger partial charge >= 0.3 is 0 Å². The van der Waals surface area contributed by atoms with Crippen molar-refractivity contribution in [2.75, 3.05) is 13.1 Å². The smallest absolute Gasteiger partial charge is 0.117 e. The lowest BCUT2D eigenvalue weighted by Crippen LogP contribution is -2.38. The Morgan fingerprint density at radius 1 is 1.29 bits per heavy atom. The number of halogens is 1. The zero-order chi connectivity index (χ0) is 15.2. The predicted molar refractivity (Wildman–Crippen MR) is 89.1 cm³/mol. The summed E-state index contributed by atoms with van der Waals surface area (Å²) in [5, 5.41) is 4.29. The highest BCUT2D eigenvalue weighted by Crippen LogP contribution is 2.40. The first-order valence-electron chi connectivity index (χ1n) is 7.84. The standard InChI is InChI=1S/C17H24ClN3/c1-11(2)17(7-8-19-10-17)16-20-14-9-13(18)5-6-15(14)21(16)12(3)4/h5-6,9,11-12,19H,7-8,10H2,1-4H3. The second-order valence-corrected chi connectivity index (χ2v) is 7.21. The summed E-state index contributed by atoms with van der Waals surface area (Å²) in [5.41, 5.74) is 2.32. The number of hydrogen-bond donors (Lipinski definition) is 1. The molecule has 3 nitrogen and oxygen atoms in total. The van der Waals surface area contributed by atoms with Crippen molar-refractivity contribution in [3.63, 3.8) is 0 Å². The normalized spacial score (nSPS) is 22.8. The molecule has 2 heterocycles. The topological polar surface area (TPSA) is 29.9 Å². The van der Waals surface area contributed by atoms with Crippen molar-refractivity contribution in [3.8, 4) is 0 Å². The highest BCUT2D eigenvalue weighted by molar-refractivity contribution is 6.31. The summed E-state index contributed by atoms with van der Waals surface area (Å²) >= 11 is 6.16. The van der Waals surface area contributed by atoms with Gasteiger partial charge in [-0.1, -0.05) is 25.4 Å². The predicted octanol–water partition coefficient (Wildman–Crippen LogP) is 4.16.